The lowest BCUT2D eigenvalue weighted by Gasteiger charge is -2.48. The summed E-state index contributed by atoms with van der Waals surface area (Å²) in [5, 5.41) is 8.15. The van der Waals surface area contributed by atoms with E-state index in [0.717, 1.165) is 21.9 Å². The van der Waals surface area contributed by atoms with Crippen LogP contribution in [0.4, 0.5) is 13.2 Å². The van der Waals surface area contributed by atoms with Crippen molar-refractivity contribution in [3.8, 4) is 0 Å². The second-order valence-corrected chi connectivity index (χ2v) is 12.3. The molecule has 2 aromatic heterocycles. The van der Waals surface area contributed by atoms with Crippen LogP contribution in [-0.2, 0) is 39.4 Å². The molecule has 4 rings (SSSR count). The SMILES string of the molecule is CC1CO[C@@]2(CCN(Cc3cn(CCS(C)(=O)=O)nn3)[C@@H](C)C2)c2cc(C(F)(F)F)sc21. The number of piperidine rings is 1. The van der Waals surface area contributed by atoms with Crippen molar-refractivity contribution in [3.05, 3.63) is 33.3 Å². The summed E-state index contributed by atoms with van der Waals surface area (Å²) < 4.78 is 70.6. The minimum Gasteiger partial charge on any atom is -0.369 e. The van der Waals surface area contributed by atoms with Crippen molar-refractivity contribution in [3.63, 3.8) is 0 Å². The van der Waals surface area contributed by atoms with Crippen molar-refractivity contribution < 1.29 is 26.3 Å². The second kappa shape index (κ2) is 8.37. The monoisotopic (exact) mass is 492 g/mol. The summed E-state index contributed by atoms with van der Waals surface area (Å²) in [5.74, 6) is -0.0519. The van der Waals surface area contributed by atoms with Gasteiger partial charge in [-0.2, -0.15) is 13.2 Å². The zero-order chi connectivity index (χ0) is 23.3. The molecule has 0 N–H and O–H groups in total. The Bertz CT molecular complexity index is 1080. The highest BCUT2D eigenvalue weighted by Gasteiger charge is 2.48. The highest BCUT2D eigenvalue weighted by molar-refractivity contribution is 7.90. The molecular formula is C20H27F3N4O3S2. The van der Waals surface area contributed by atoms with E-state index in [1.165, 1.54) is 17.0 Å². The van der Waals surface area contributed by atoms with Crippen LogP contribution in [0.1, 0.15) is 53.6 Å². The van der Waals surface area contributed by atoms with E-state index in [2.05, 4.69) is 15.2 Å². The van der Waals surface area contributed by atoms with Crippen LogP contribution in [0.3, 0.4) is 0 Å². The highest BCUT2D eigenvalue weighted by atomic mass is 32.2. The molecule has 178 valence electrons. The Labute approximate surface area is 189 Å². The molecule has 1 saturated heterocycles. The predicted octanol–water partition coefficient (Wildman–Crippen LogP) is 3.42. The number of aromatic nitrogens is 3. The average molecular weight is 493 g/mol. The van der Waals surface area contributed by atoms with Crippen LogP contribution in [0.15, 0.2) is 12.3 Å². The summed E-state index contributed by atoms with van der Waals surface area (Å²) in [6.07, 6.45) is -0.219. The molecule has 4 heterocycles. The van der Waals surface area contributed by atoms with Crippen LogP contribution in [0, 0.1) is 0 Å². The van der Waals surface area contributed by atoms with Gasteiger partial charge in [0, 0.05) is 42.4 Å². The highest BCUT2D eigenvalue weighted by Crippen LogP contribution is 2.51. The fraction of sp³-hybridized carbons (Fsp3) is 0.700. The number of aryl methyl sites for hydroxylation is 1. The Balaban J connectivity index is 1.47. The molecule has 0 saturated carbocycles. The number of thiophene rings is 1. The number of fused-ring (bicyclic) bond motifs is 2. The van der Waals surface area contributed by atoms with Crippen molar-refractivity contribution >= 4 is 21.2 Å². The minimum absolute atomic E-state index is 0.00289. The number of rotatable bonds is 5. The average Bonchev–Trinajstić information content (AvgIpc) is 3.33. The molecule has 0 bridgehead atoms. The third kappa shape index (κ3) is 4.87. The van der Waals surface area contributed by atoms with E-state index in [-0.39, 0.29) is 24.3 Å². The lowest BCUT2D eigenvalue weighted by molar-refractivity contribution is -0.135. The van der Waals surface area contributed by atoms with Crippen LogP contribution in [0.25, 0.3) is 0 Å². The van der Waals surface area contributed by atoms with E-state index < -0.39 is 26.5 Å². The molecule has 0 aliphatic carbocycles. The fourth-order valence-corrected chi connectivity index (χ4v) is 6.23. The molecule has 1 fully saturated rings. The number of sulfone groups is 1. The van der Waals surface area contributed by atoms with E-state index in [0.29, 0.717) is 38.1 Å². The van der Waals surface area contributed by atoms with E-state index in [1.54, 1.807) is 6.20 Å². The molecular weight excluding hydrogens is 465 g/mol. The first-order valence-corrected chi connectivity index (χ1v) is 13.4. The largest absolute Gasteiger partial charge is 0.425 e. The number of hydrogen-bond acceptors (Lipinski definition) is 7. The van der Waals surface area contributed by atoms with Gasteiger partial charge in [-0.15, -0.1) is 16.4 Å². The van der Waals surface area contributed by atoms with Gasteiger partial charge in [0.2, 0.25) is 0 Å². The number of likely N-dealkylation sites (tertiary alicyclic amines) is 1. The van der Waals surface area contributed by atoms with Gasteiger partial charge in [0.15, 0.2) is 0 Å². The van der Waals surface area contributed by atoms with Crippen molar-refractivity contribution in [2.75, 3.05) is 25.2 Å². The molecule has 12 heteroatoms. The van der Waals surface area contributed by atoms with E-state index >= 15 is 0 Å². The third-order valence-electron chi connectivity index (χ3n) is 6.28. The Morgan fingerprint density at radius 2 is 2.09 bits per heavy atom. The van der Waals surface area contributed by atoms with Gasteiger partial charge in [0.05, 0.1) is 30.2 Å². The minimum atomic E-state index is -4.35. The Morgan fingerprint density at radius 1 is 1.34 bits per heavy atom. The van der Waals surface area contributed by atoms with Crippen LogP contribution in [-0.4, -0.2) is 59.5 Å². The standard InChI is InChI=1S/C20H27F3N4O3S2/c1-13-12-30-19(16-8-17(20(21,22)23)31-18(13)16)4-5-26(14(2)9-19)10-15-11-27(25-24-15)6-7-32(3,28)29/h8,11,13-14H,4-7,9-10,12H2,1-3H3/t13?,14-,19+/m0/s1. The van der Waals surface area contributed by atoms with Crippen LogP contribution in [0.5, 0.6) is 0 Å². The molecule has 1 unspecified atom stereocenters. The second-order valence-electron chi connectivity index (χ2n) is 8.97. The molecule has 7 nitrogen and oxygen atoms in total. The van der Waals surface area contributed by atoms with Crippen LogP contribution >= 0.6 is 11.3 Å². The van der Waals surface area contributed by atoms with Gasteiger partial charge >= 0.3 is 6.18 Å². The molecule has 3 atom stereocenters. The van der Waals surface area contributed by atoms with Crippen molar-refractivity contribution in [1.29, 1.82) is 0 Å². The smallest absolute Gasteiger partial charge is 0.369 e. The topological polar surface area (TPSA) is 77.3 Å². The zero-order valence-electron chi connectivity index (χ0n) is 18.2. The summed E-state index contributed by atoms with van der Waals surface area (Å²) in [5.41, 5.74) is 0.743. The number of ether oxygens (including phenoxy) is 1. The molecule has 2 aliphatic rings. The maximum atomic E-state index is 13.4. The Hall–Kier alpha value is -1.50. The van der Waals surface area contributed by atoms with Gasteiger partial charge in [-0.25, -0.2) is 8.42 Å². The lowest BCUT2D eigenvalue weighted by atomic mass is 9.78. The number of nitrogens with zero attached hydrogens (tertiary/aromatic N) is 4. The first kappa shape index (κ1) is 23.7. The molecule has 2 aliphatic heterocycles. The van der Waals surface area contributed by atoms with Gasteiger partial charge in [0.1, 0.15) is 14.7 Å². The predicted molar refractivity (Wildman–Crippen MR) is 114 cm³/mol. The first-order valence-electron chi connectivity index (χ1n) is 10.5. The van der Waals surface area contributed by atoms with E-state index in [1.807, 2.05) is 13.8 Å². The van der Waals surface area contributed by atoms with Crippen molar-refractivity contribution in [1.82, 2.24) is 19.9 Å². The molecule has 0 amide bonds. The van der Waals surface area contributed by atoms with Gasteiger partial charge in [-0.3, -0.25) is 9.58 Å². The van der Waals surface area contributed by atoms with Gasteiger partial charge in [-0.1, -0.05) is 12.1 Å². The summed E-state index contributed by atoms with van der Waals surface area (Å²) >= 11 is 0.849. The Morgan fingerprint density at radius 3 is 2.75 bits per heavy atom. The van der Waals surface area contributed by atoms with E-state index in [9.17, 15) is 21.6 Å². The number of hydrogen-bond donors (Lipinski definition) is 0. The first-order chi connectivity index (χ1) is 14.9. The number of alkyl halides is 3. The summed E-state index contributed by atoms with van der Waals surface area (Å²) in [6.45, 7) is 5.82. The molecule has 0 aromatic carbocycles. The van der Waals surface area contributed by atoms with Crippen LogP contribution < -0.4 is 0 Å². The summed E-state index contributed by atoms with van der Waals surface area (Å²) in [6, 6.07) is 1.37. The van der Waals surface area contributed by atoms with Crippen molar-refractivity contribution in [2.24, 2.45) is 0 Å². The quantitative estimate of drug-likeness (QED) is 0.637. The molecule has 0 radical (unpaired) electrons. The Kier molecular flexibility index (Phi) is 6.19. The third-order valence-corrected chi connectivity index (χ3v) is 8.62. The summed E-state index contributed by atoms with van der Waals surface area (Å²) in [7, 11) is -3.08. The maximum absolute atomic E-state index is 13.4. The number of halogens is 3. The van der Waals surface area contributed by atoms with E-state index in [4.69, 9.17) is 4.74 Å². The molecule has 32 heavy (non-hydrogen) atoms. The van der Waals surface area contributed by atoms with Gasteiger partial charge < -0.3 is 4.74 Å². The molecule has 2 aromatic rings. The fourth-order valence-electron chi connectivity index (χ4n) is 4.56. The summed E-state index contributed by atoms with van der Waals surface area (Å²) in [4.78, 5) is 2.45. The van der Waals surface area contributed by atoms with Crippen LogP contribution in [0.2, 0.25) is 0 Å². The van der Waals surface area contributed by atoms with Gasteiger partial charge in [0.25, 0.3) is 0 Å². The lowest BCUT2D eigenvalue weighted by Crippen LogP contribution is -2.50. The normalized spacial score (nSPS) is 27.1. The molecule has 1 spiro atoms. The zero-order valence-corrected chi connectivity index (χ0v) is 19.9. The maximum Gasteiger partial charge on any atom is 0.425 e. The van der Waals surface area contributed by atoms with Crippen molar-refractivity contribution in [2.45, 2.75) is 63.5 Å². The van der Waals surface area contributed by atoms with Gasteiger partial charge in [-0.05, 0) is 31.4 Å².